The first-order chi connectivity index (χ1) is 10.2. The summed E-state index contributed by atoms with van der Waals surface area (Å²) in [6.45, 7) is 3.72. The molecule has 0 saturated carbocycles. The molecule has 2 heterocycles. The summed E-state index contributed by atoms with van der Waals surface area (Å²) in [4.78, 5) is 18.3. The Morgan fingerprint density at radius 3 is 3.29 bits per heavy atom. The van der Waals surface area contributed by atoms with E-state index in [0.717, 1.165) is 36.6 Å². The number of nitrogens with zero attached hydrogens (tertiary/aromatic N) is 3. The first-order valence-corrected chi connectivity index (χ1v) is 8.26. The molecule has 1 amide bonds. The number of fused-ring (bicyclic) bond motifs is 1. The zero-order chi connectivity index (χ0) is 14.7. The molecule has 0 unspecified atom stereocenters. The second kappa shape index (κ2) is 6.39. The molecule has 3 rings (SSSR count). The number of aryl methyl sites for hydroxylation is 2. The number of carbonyl (C=O) groups is 1. The SMILES string of the molecule is C[C@@H]1CCc2sc(C(=O)NCCCn3cncn3)cc2C1. The lowest BCUT2D eigenvalue weighted by Crippen LogP contribution is -2.24. The molecule has 0 aliphatic heterocycles. The minimum absolute atomic E-state index is 0.0562. The molecule has 0 fully saturated rings. The fraction of sp³-hybridized carbons (Fsp3) is 0.533. The number of aromatic nitrogens is 3. The summed E-state index contributed by atoms with van der Waals surface area (Å²) in [5.41, 5.74) is 1.38. The molecule has 21 heavy (non-hydrogen) atoms. The third kappa shape index (κ3) is 3.50. The number of hydrogen-bond donors (Lipinski definition) is 1. The summed E-state index contributed by atoms with van der Waals surface area (Å²) >= 11 is 1.66. The lowest BCUT2D eigenvalue weighted by atomic mass is 9.90. The van der Waals surface area contributed by atoms with Crippen LogP contribution in [0, 0.1) is 5.92 Å². The van der Waals surface area contributed by atoms with Gasteiger partial charge in [0.25, 0.3) is 5.91 Å². The van der Waals surface area contributed by atoms with Crippen LogP contribution in [-0.4, -0.2) is 27.2 Å². The Bertz CT molecular complexity index is 605. The number of hydrogen-bond acceptors (Lipinski definition) is 4. The van der Waals surface area contributed by atoms with E-state index in [0.29, 0.717) is 6.54 Å². The van der Waals surface area contributed by atoms with E-state index in [9.17, 15) is 4.79 Å². The summed E-state index contributed by atoms with van der Waals surface area (Å²) in [6, 6.07) is 2.09. The van der Waals surface area contributed by atoms with Crippen LogP contribution < -0.4 is 5.32 Å². The van der Waals surface area contributed by atoms with E-state index in [4.69, 9.17) is 0 Å². The Morgan fingerprint density at radius 2 is 2.48 bits per heavy atom. The Hall–Kier alpha value is -1.69. The molecular formula is C15H20N4OS. The van der Waals surface area contributed by atoms with E-state index >= 15 is 0 Å². The van der Waals surface area contributed by atoms with Gasteiger partial charge in [-0.25, -0.2) is 4.98 Å². The Kier molecular flexibility index (Phi) is 4.34. The number of carbonyl (C=O) groups excluding carboxylic acids is 1. The van der Waals surface area contributed by atoms with E-state index in [1.807, 2.05) is 0 Å². The van der Waals surface area contributed by atoms with Crippen molar-refractivity contribution in [2.75, 3.05) is 6.54 Å². The molecule has 2 aromatic heterocycles. The van der Waals surface area contributed by atoms with Crippen molar-refractivity contribution in [1.82, 2.24) is 20.1 Å². The van der Waals surface area contributed by atoms with Gasteiger partial charge < -0.3 is 5.32 Å². The Morgan fingerprint density at radius 1 is 1.57 bits per heavy atom. The van der Waals surface area contributed by atoms with Crippen molar-refractivity contribution in [3.05, 3.63) is 34.0 Å². The van der Waals surface area contributed by atoms with Crippen LogP contribution in [0.25, 0.3) is 0 Å². The van der Waals surface area contributed by atoms with Gasteiger partial charge in [-0.3, -0.25) is 9.48 Å². The monoisotopic (exact) mass is 304 g/mol. The minimum Gasteiger partial charge on any atom is -0.351 e. The van der Waals surface area contributed by atoms with Crippen molar-refractivity contribution in [1.29, 1.82) is 0 Å². The van der Waals surface area contributed by atoms with Gasteiger partial charge >= 0.3 is 0 Å². The summed E-state index contributed by atoms with van der Waals surface area (Å²) < 4.78 is 1.78. The molecule has 0 aromatic carbocycles. The van der Waals surface area contributed by atoms with Gasteiger partial charge in [0, 0.05) is 18.0 Å². The molecule has 0 bridgehead atoms. The van der Waals surface area contributed by atoms with Gasteiger partial charge in [0.2, 0.25) is 0 Å². The van der Waals surface area contributed by atoms with E-state index < -0.39 is 0 Å². The van der Waals surface area contributed by atoms with Crippen LogP contribution in [0.1, 0.15) is 39.9 Å². The zero-order valence-electron chi connectivity index (χ0n) is 12.2. The normalized spacial score (nSPS) is 17.5. The molecule has 5 nitrogen and oxygen atoms in total. The molecule has 1 N–H and O–H groups in total. The van der Waals surface area contributed by atoms with Crippen LogP contribution in [0.3, 0.4) is 0 Å². The van der Waals surface area contributed by atoms with Crippen molar-refractivity contribution >= 4 is 17.2 Å². The van der Waals surface area contributed by atoms with Gasteiger partial charge in [-0.1, -0.05) is 6.92 Å². The van der Waals surface area contributed by atoms with E-state index in [-0.39, 0.29) is 5.91 Å². The molecule has 112 valence electrons. The van der Waals surface area contributed by atoms with E-state index in [1.165, 1.54) is 23.2 Å². The highest BCUT2D eigenvalue weighted by molar-refractivity contribution is 7.14. The van der Waals surface area contributed by atoms with Gasteiger partial charge in [0.05, 0.1) is 4.88 Å². The highest BCUT2D eigenvalue weighted by atomic mass is 32.1. The average molecular weight is 304 g/mol. The Balaban J connectivity index is 1.49. The summed E-state index contributed by atoms with van der Waals surface area (Å²) in [6.07, 6.45) is 7.56. The second-order valence-electron chi connectivity index (χ2n) is 5.68. The van der Waals surface area contributed by atoms with Gasteiger partial charge in [-0.2, -0.15) is 5.10 Å². The smallest absolute Gasteiger partial charge is 0.261 e. The fourth-order valence-electron chi connectivity index (χ4n) is 2.70. The molecule has 1 aliphatic carbocycles. The number of amides is 1. The van der Waals surface area contributed by atoms with E-state index in [2.05, 4.69) is 28.4 Å². The van der Waals surface area contributed by atoms with Crippen LogP contribution in [-0.2, 0) is 19.4 Å². The lowest BCUT2D eigenvalue weighted by Gasteiger charge is -2.16. The van der Waals surface area contributed by atoms with Crippen LogP contribution in [0.5, 0.6) is 0 Å². The standard InChI is InChI=1S/C15H20N4OS/c1-11-3-4-13-12(7-11)8-14(21-13)15(20)17-5-2-6-19-10-16-9-18-19/h8-11H,2-7H2,1H3,(H,17,20)/t11-/m1/s1. The van der Waals surface area contributed by atoms with Crippen molar-refractivity contribution in [3.8, 4) is 0 Å². The van der Waals surface area contributed by atoms with Crippen molar-refractivity contribution in [3.63, 3.8) is 0 Å². The third-order valence-corrected chi connectivity index (χ3v) is 5.11. The lowest BCUT2D eigenvalue weighted by molar-refractivity contribution is 0.0956. The molecular weight excluding hydrogens is 284 g/mol. The molecule has 2 aromatic rings. The molecule has 0 saturated heterocycles. The number of nitrogens with one attached hydrogen (secondary N) is 1. The predicted molar refractivity (Wildman–Crippen MR) is 82.5 cm³/mol. The molecule has 6 heteroatoms. The molecule has 0 spiro atoms. The predicted octanol–water partition coefficient (Wildman–Crippen LogP) is 2.28. The third-order valence-electron chi connectivity index (χ3n) is 3.87. The minimum atomic E-state index is 0.0562. The van der Waals surface area contributed by atoms with Gasteiger partial charge in [0.1, 0.15) is 12.7 Å². The highest BCUT2D eigenvalue weighted by Crippen LogP contribution is 2.32. The van der Waals surface area contributed by atoms with Gasteiger partial charge in [-0.05, 0) is 43.2 Å². The first-order valence-electron chi connectivity index (χ1n) is 7.44. The van der Waals surface area contributed by atoms with Gasteiger partial charge in [-0.15, -0.1) is 11.3 Å². The van der Waals surface area contributed by atoms with Crippen LogP contribution in [0.2, 0.25) is 0 Å². The van der Waals surface area contributed by atoms with E-state index in [1.54, 1.807) is 22.3 Å². The average Bonchev–Trinajstić information content (AvgIpc) is 3.11. The fourth-order valence-corrected chi connectivity index (χ4v) is 3.82. The molecule has 1 aliphatic rings. The van der Waals surface area contributed by atoms with Crippen molar-refractivity contribution in [2.24, 2.45) is 5.92 Å². The zero-order valence-corrected chi connectivity index (χ0v) is 13.0. The largest absolute Gasteiger partial charge is 0.351 e. The summed E-state index contributed by atoms with van der Waals surface area (Å²) in [5, 5.41) is 7.03. The van der Waals surface area contributed by atoms with Crippen LogP contribution >= 0.6 is 11.3 Å². The quantitative estimate of drug-likeness (QED) is 0.862. The summed E-state index contributed by atoms with van der Waals surface area (Å²) in [5.74, 6) is 0.798. The van der Waals surface area contributed by atoms with Crippen LogP contribution in [0.4, 0.5) is 0 Å². The van der Waals surface area contributed by atoms with Crippen molar-refractivity contribution < 1.29 is 4.79 Å². The first kappa shape index (κ1) is 14.3. The molecule has 1 atom stereocenters. The maximum absolute atomic E-state index is 12.2. The molecule has 0 radical (unpaired) electrons. The maximum Gasteiger partial charge on any atom is 0.261 e. The topological polar surface area (TPSA) is 59.8 Å². The van der Waals surface area contributed by atoms with Gasteiger partial charge in [0.15, 0.2) is 0 Å². The van der Waals surface area contributed by atoms with Crippen LogP contribution in [0.15, 0.2) is 18.7 Å². The summed E-state index contributed by atoms with van der Waals surface area (Å²) in [7, 11) is 0. The Labute approximate surface area is 128 Å². The maximum atomic E-state index is 12.2. The number of thiophene rings is 1. The second-order valence-corrected chi connectivity index (χ2v) is 6.81. The number of rotatable bonds is 5. The van der Waals surface area contributed by atoms with Crippen molar-refractivity contribution in [2.45, 2.75) is 39.2 Å². The highest BCUT2D eigenvalue weighted by Gasteiger charge is 2.20.